The van der Waals surface area contributed by atoms with Gasteiger partial charge >= 0.3 is 0 Å². The van der Waals surface area contributed by atoms with Crippen molar-refractivity contribution in [3.8, 4) is 6.07 Å². The van der Waals surface area contributed by atoms with E-state index in [0.717, 1.165) is 25.3 Å². The summed E-state index contributed by atoms with van der Waals surface area (Å²) in [5.74, 6) is 1.40. The average molecular weight is 278 g/mol. The Labute approximate surface area is 125 Å². The summed E-state index contributed by atoms with van der Waals surface area (Å²) < 4.78 is 0. The lowest BCUT2D eigenvalue weighted by molar-refractivity contribution is 0.772. The third-order valence-corrected chi connectivity index (χ3v) is 3.98. The molecule has 1 fully saturated rings. The van der Waals surface area contributed by atoms with E-state index in [9.17, 15) is 0 Å². The van der Waals surface area contributed by atoms with Gasteiger partial charge in [0, 0.05) is 19.0 Å². The van der Waals surface area contributed by atoms with Gasteiger partial charge in [0.15, 0.2) is 5.69 Å². The molecule has 1 atom stereocenters. The molecular weight excluding hydrogens is 260 g/mol. The lowest BCUT2D eigenvalue weighted by Gasteiger charge is -2.17. The molecule has 1 saturated heterocycles. The lowest BCUT2D eigenvalue weighted by atomic mass is 9.95. The molecule has 0 unspecified atom stereocenters. The van der Waals surface area contributed by atoms with Crippen molar-refractivity contribution in [3.63, 3.8) is 0 Å². The molecule has 1 aliphatic rings. The third-order valence-electron chi connectivity index (χ3n) is 3.98. The van der Waals surface area contributed by atoms with Crippen molar-refractivity contribution in [1.82, 2.24) is 9.97 Å². The molecule has 1 aromatic heterocycles. The molecule has 0 radical (unpaired) electrons. The van der Waals surface area contributed by atoms with Crippen LogP contribution >= 0.6 is 0 Å². The van der Waals surface area contributed by atoms with E-state index in [4.69, 9.17) is 5.26 Å². The number of rotatable bonds is 2. The minimum absolute atomic E-state index is 0.365. The quantitative estimate of drug-likeness (QED) is 0.847. The van der Waals surface area contributed by atoms with Gasteiger partial charge in [-0.3, -0.25) is 0 Å². The molecular formula is C17H18N4. The van der Waals surface area contributed by atoms with Crippen molar-refractivity contribution in [2.45, 2.75) is 26.2 Å². The van der Waals surface area contributed by atoms with Crippen LogP contribution in [0.3, 0.4) is 0 Å². The number of aromatic nitrogens is 2. The summed E-state index contributed by atoms with van der Waals surface area (Å²) >= 11 is 0. The molecule has 21 heavy (non-hydrogen) atoms. The number of aryl methyl sites for hydroxylation is 2. The van der Waals surface area contributed by atoms with Crippen molar-refractivity contribution in [1.29, 1.82) is 5.26 Å². The highest BCUT2D eigenvalue weighted by Crippen LogP contribution is 2.30. The van der Waals surface area contributed by atoms with Gasteiger partial charge < -0.3 is 4.90 Å². The van der Waals surface area contributed by atoms with Crippen LogP contribution in [0.25, 0.3) is 0 Å². The van der Waals surface area contributed by atoms with E-state index < -0.39 is 0 Å². The highest BCUT2D eigenvalue weighted by atomic mass is 15.2. The van der Waals surface area contributed by atoms with E-state index in [1.54, 1.807) is 12.4 Å². The van der Waals surface area contributed by atoms with Crippen LogP contribution in [0.1, 0.15) is 34.7 Å². The van der Waals surface area contributed by atoms with Gasteiger partial charge in [0.1, 0.15) is 11.9 Å². The van der Waals surface area contributed by atoms with E-state index in [0.29, 0.717) is 11.6 Å². The van der Waals surface area contributed by atoms with Gasteiger partial charge in [-0.25, -0.2) is 9.97 Å². The maximum Gasteiger partial charge on any atom is 0.158 e. The molecule has 2 aromatic rings. The van der Waals surface area contributed by atoms with Crippen LogP contribution in [0.15, 0.2) is 30.6 Å². The van der Waals surface area contributed by atoms with Crippen molar-refractivity contribution >= 4 is 5.82 Å². The number of benzene rings is 1. The molecule has 106 valence electrons. The molecule has 0 aliphatic carbocycles. The number of anilines is 1. The Bertz CT molecular complexity index is 665. The van der Waals surface area contributed by atoms with Gasteiger partial charge in [-0.05, 0) is 25.8 Å². The largest absolute Gasteiger partial charge is 0.355 e. The summed E-state index contributed by atoms with van der Waals surface area (Å²) in [6, 6.07) is 8.78. The van der Waals surface area contributed by atoms with E-state index in [-0.39, 0.29) is 0 Å². The SMILES string of the molecule is Cc1cc(C)cc([C@H]2CCN(c3cnc(C#N)cn3)C2)c1. The Hall–Kier alpha value is -2.41. The Morgan fingerprint density at radius 3 is 2.52 bits per heavy atom. The fourth-order valence-electron chi connectivity index (χ4n) is 3.03. The first-order valence-electron chi connectivity index (χ1n) is 7.21. The van der Waals surface area contributed by atoms with Gasteiger partial charge in [0.25, 0.3) is 0 Å². The Kier molecular flexibility index (Phi) is 3.57. The first-order valence-corrected chi connectivity index (χ1v) is 7.21. The van der Waals surface area contributed by atoms with Crippen molar-refractivity contribution in [3.05, 3.63) is 53.0 Å². The third kappa shape index (κ3) is 2.87. The molecule has 2 heterocycles. The fraction of sp³-hybridized carbons (Fsp3) is 0.353. The van der Waals surface area contributed by atoms with Crippen molar-refractivity contribution in [2.75, 3.05) is 18.0 Å². The number of nitriles is 1. The molecule has 0 spiro atoms. The van der Waals surface area contributed by atoms with Crippen LogP contribution in [0.5, 0.6) is 0 Å². The number of hydrogen-bond acceptors (Lipinski definition) is 4. The van der Waals surface area contributed by atoms with Crippen LogP contribution in [0.2, 0.25) is 0 Å². The molecule has 0 amide bonds. The molecule has 0 bridgehead atoms. The van der Waals surface area contributed by atoms with Gasteiger partial charge in [-0.15, -0.1) is 0 Å². The number of nitrogens with zero attached hydrogens (tertiary/aromatic N) is 4. The summed E-state index contributed by atoms with van der Waals surface area (Å²) in [4.78, 5) is 10.7. The minimum atomic E-state index is 0.365. The predicted octanol–water partition coefficient (Wildman–Crippen LogP) is 2.96. The molecule has 0 saturated carbocycles. The van der Waals surface area contributed by atoms with E-state index in [2.05, 4.69) is 46.9 Å². The molecule has 1 aromatic carbocycles. The van der Waals surface area contributed by atoms with Crippen LogP contribution < -0.4 is 4.90 Å². The maximum atomic E-state index is 8.77. The van der Waals surface area contributed by atoms with Crippen LogP contribution in [0.4, 0.5) is 5.82 Å². The van der Waals surface area contributed by atoms with Crippen LogP contribution in [-0.4, -0.2) is 23.1 Å². The minimum Gasteiger partial charge on any atom is -0.355 e. The molecule has 4 heteroatoms. The summed E-state index contributed by atoms with van der Waals surface area (Å²) in [7, 11) is 0. The van der Waals surface area contributed by atoms with Gasteiger partial charge in [-0.2, -0.15) is 5.26 Å². The molecule has 4 nitrogen and oxygen atoms in total. The topological polar surface area (TPSA) is 52.8 Å². The van der Waals surface area contributed by atoms with Crippen LogP contribution in [-0.2, 0) is 0 Å². The predicted molar refractivity (Wildman–Crippen MR) is 82.2 cm³/mol. The fourth-order valence-corrected chi connectivity index (χ4v) is 3.03. The number of hydrogen-bond donors (Lipinski definition) is 0. The summed E-state index contributed by atoms with van der Waals surface area (Å²) in [6.45, 7) is 6.24. The van der Waals surface area contributed by atoms with Gasteiger partial charge in [0.05, 0.1) is 12.4 Å². The monoisotopic (exact) mass is 278 g/mol. The summed E-state index contributed by atoms with van der Waals surface area (Å²) in [5, 5.41) is 8.77. The standard InChI is InChI=1S/C17H18N4/c1-12-5-13(2)7-15(6-12)14-3-4-21(11-14)17-10-19-16(8-18)9-20-17/h5-7,9-10,14H,3-4,11H2,1-2H3/t14-/m0/s1. The maximum absolute atomic E-state index is 8.77. The Morgan fingerprint density at radius 1 is 1.14 bits per heavy atom. The first kappa shape index (κ1) is 13.6. The highest BCUT2D eigenvalue weighted by Gasteiger charge is 2.25. The normalized spacial score (nSPS) is 17.8. The van der Waals surface area contributed by atoms with Crippen molar-refractivity contribution < 1.29 is 0 Å². The van der Waals surface area contributed by atoms with E-state index >= 15 is 0 Å². The molecule has 1 aliphatic heterocycles. The van der Waals surface area contributed by atoms with Gasteiger partial charge in [-0.1, -0.05) is 29.3 Å². The molecule has 0 N–H and O–H groups in total. The zero-order valence-electron chi connectivity index (χ0n) is 12.4. The van der Waals surface area contributed by atoms with Gasteiger partial charge in [0.2, 0.25) is 0 Å². The Morgan fingerprint density at radius 2 is 1.90 bits per heavy atom. The second-order valence-electron chi connectivity index (χ2n) is 5.72. The first-order chi connectivity index (χ1) is 10.2. The van der Waals surface area contributed by atoms with E-state index in [1.165, 1.54) is 16.7 Å². The smallest absolute Gasteiger partial charge is 0.158 e. The summed E-state index contributed by atoms with van der Waals surface area (Å²) in [5.41, 5.74) is 4.42. The average Bonchev–Trinajstić information content (AvgIpc) is 2.96. The summed E-state index contributed by atoms with van der Waals surface area (Å²) in [6.07, 6.45) is 4.37. The van der Waals surface area contributed by atoms with E-state index in [1.807, 2.05) is 6.07 Å². The zero-order valence-corrected chi connectivity index (χ0v) is 12.4. The Balaban J connectivity index is 1.77. The lowest BCUT2D eigenvalue weighted by Crippen LogP contribution is -2.20. The second kappa shape index (κ2) is 5.53. The second-order valence-corrected chi connectivity index (χ2v) is 5.72. The zero-order chi connectivity index (χ0) is 14.8. The van der Waals surface area contributed by atoms with Crippen LogP contribution in [0, 0.1) is 25.2 Å². The molecule has 3 rings (SSSR count). The van der Waals surface area contributed by atoms with Crippen molar-refractivity contribution in [2.24, 2.45) is 0 Å². The highest BCUT2D eigenvalue weighted by molar-refractivity contribution is 5.41.